The second kappa shape index (κ2) is 5.21. The van der Waals surface area contributed by atoms with Crippen molar-refractivity contribution in [1.29, 1.82) is 0 Å². The van der Waals surface area contributed by atoms with E-state index >= 15 is 0 Å². The number of thioether (sulfide) groups is 1. The lowest BCUT2D eigenvalue weighted by atomic mass is 10.1. The summed E-state index contributed by atoms with van der Waals surface area (Å²) in [6, 6.07) is 2.95. The monoisotopic (exact) mass is 284 g/mol. The van der Waals surface area contributed by atoms with Crippen molar-refractivity contribution < 1.29 is 13.9 Å². The second-order valence-electron chi connectivity index (χ2n) is 3.66. The van der Waals surface area contributed by atoms with Crippen LogP contribution in [0.1, 0.15) is 11.1 Å². The van der Waals surface area contributed by atoms with Crippen molar-refractivity contribution >= 4 is 23.1 Å². The lowest BCUT2D eigenvalue weighted by molar-refractivity contribution is -0.0171. The van der Waals surface area contributed by atoms with Gasteiger partial charge in [0.1, 0.15) is 17.1 Å². The van der Waals surface area contributed by atoms with Crippen LogP contribution in [0.3, 0.4) is 0 Å². The molecule has 1 aliphatic heterocycles. The van der Waals surface area contributed by atoms with Gasteiger partial charge in [-0.1, -0.05) is 23.1 Å². The molecule has 1 aliphatic rings. The summed E-state index contributed by atoms with van der Waals surface area (Å²) in [5.41, 5.74) is 3.26. The summed E-state index contributed by atoms with van der Waals surface area (Å²) in [5.74, 6) is 1.07. The molecule has 4 nitrogen and oxygen atoms in total. The number of halogens is 1. The van der Waals surface area contributed by atoms with Gasteiger partial charge in [-0.3, -0.25) is 0 Å². The predicted octanol–water partition coefficient (Wildman–Crippen LogP) is 2.84. The molecule has 94 valence electrons. The number of benzene rings is 1. The fourth-order valence-electron chi connectivity index (χ4n) is 1.73. The van der Waals surface area contributed by atoms with Gasteiger partial charge in [0.15, 0.2) is 11.1 Å². The maximum Gasteiger partial charge on any atom is 0.189 e. The van der Waals surface area contributed by atoms with Gasteiger partial charge in [-0.05, 0) is 12.1 Å². The van der Waals surface area contributed by atoms with E-state index in [1.165, 1.54) is 35.2 Å². The molecule has 0 saturated carbocycles. The van der Waals surface area contributed by atoms with Crippen LogP contribution in [0.4, 0.5) is 4.39 Å². The zero-order valence-corrected chi connectivity index (χ0v) is 10.9. The van der Waals surface area contributed by atoms with E-state index in [-0.39, 0.29) is 12.6 Å². The Balaban J connectivity index is 1.84. The highest BCUT2D eigenvalue weighted by Crippen LogP contribution is 2.34. The van der Waals surface area contributed by atoms with Crippen LogP contribution in [0.5, 0.6) is 5.75 Å². The Morgan fingerprint density at radius 3 is 3.22 bits per heavy atom. The van der Waals surface area contributed by atoms with Gasteiger partial charge in [-0.2, -0.15) is 0 Å². The van der Waals surface area contributed by atoms with Crippen LogP contribution in [-0.2, 0) is 17.1 Å². The average Bonchev–Trinajstić information content (AvgIpc) is 2.89. The van der Waals surface area contributed by atoms with Crippen LogP contribution < -0.4 is 4.74 Å². The minimum atomic E-state index is -0.268. The molecule has 2 aromatic rings. The molecule has 0 saturated heterocycles. The number of hydrogen-bond donors (Lipinski definition) is 0. The fourth-order valence-corrected chi connectivity index (χ4v) is 3.18. The summed E-state index contributed by atoms with van der Waals surface area (Å²) in [4.78, 5) is 0. The number of rotatable bonds is 3. The zero-order chi connectivity index (χ0) is 12.4. The fraction of sp³-hybridized carbons (Fsp3) is 0.273. The molecule has 0 amide bonds. The van der Waals surface area contributed by atoms with Crippen molar-refractivity contribution in [3.8, 4) is 5.75 Å². The van der Waals surface area contributed by atoms with Crippen molar-refractivity contribution in [2.75, 3.05) is 6.79 Å². The smallest absolute Gasteiger partial charge is 0.189 e. The van der Waals surface area contributed by atoms with E-state index in [0.29, 0.717) is 12.4 Å². The number of nitrogens with zero attached hydrogens (tertiary/aromatic N) is 2. The van der Waals surface area contributed by atoms with Crippen molar-refractivity contribution in [2.45, 2.75) is 16.7 Å². The number of aromatic nitrogens is 2. The van der Waals surface area contributed by atoms with Crippen LogP contribution >= 0.6 is 23.1 Å². The largest absolute Gasteiger partial charge is 0.467 e. The SMILES string of the molecule is Fc1cc2c(c(CSc3nncs3)c1)OCOC2. The maximum absolute atomic E-state index is 13.5. The topological polar surface area (TPSA) is 44.2 Å². The molecule has 0 radical (unpaired) electrons. The van der Waals surface area contributed by atoms with E-state index in [4.69, 9.17) is 9.47 Å². The molecular formula is C11H9FN2O2S2. The van der Waals surface area contributed by atoms with E-state index in [1.54, 1.807) is 5.51 Å². The van der Waals surface area contributed by atoms with Gasteiger partial charge in [0, 0.05) is 16.9 Å². The number of hydrogen-bond acceptors (Lipinski definition) is 6. The first-order chi connectivity index (χ1) is 8.83. The van der Waals surface area contributed by atoms with Crippen LogP contribution in [0.2, 0.25) is 0 Å². The molecule has 0 aliphatic carbocycles. The Morgan fingerprint density at radius 2 is 2.39 bits per heavy atom. The van der Waals surface area contributed by atoms with E-state index in [2.05, 4.69) is 10.2 Å². The van der Waals surface area contributed by atoms with Crippen LogP contribution in [0, 0.1) is 5.82 Å². The first kappa shape index (κ1) is 11.9. The Labute approximate surface area is 111 Å². The minimum absolute atomic E-state index is 0.217. The Hall–Kier alpha value is -1.18. The molecule has 0 unspecified atom stereocenters. The van der Waals surface area contributed by atoms with Gasteiger partial charge >= 0.3 is 0 Å². The van der Waals surface area contributed by atoms with Crippen LogP contribution in [-0.4, -0.2) is 17.0 Å². The summed E-state index contributed by atoms with van der Waals surface area (Å²) in [6.07, 6.45) is 0. The van der Waals surface area contributed by atoms with Crippen LogP contribution in [0.15, 0.2) is 22.0 Å². The highest BCUT2D eigenvalue weighted by atomic mass is 32.2. The third kappa shape index (κ3) is 2.47. The molecule has 3 rings (SSSR count). The highest BCUT2D eigenvalue weighted by Gasteiger charge is 2.17. The summed E-state index contributed by atoms with van der Waals surface area (Å²) < 4.78 is 24.9. The normalized spacial score (nSPS) is 14.1. The van der Waals surface area contributed by atoms with Gasteiger partial charge in [-0.25, -0.2) is 4.39 Å². The molecule has 7 heteroatoms. The molecule has 0 bridgehead atoms. The lowest BCUT2D eigenvalue weighted by Crippen LogP contribution is -2.13. The maximum atomic E-state index is 13.5. The number of fused-ring (bicyclic) bond motifs is 1. The first-order valence-corrected chi connectivity index (χ1v) is 7.10. The van der Waals surface area contributed by atoms with Gasteiger partial charge in [-0.15, -0.1) is 10.2 Å². The van der Waals surface area contributed by atoms with Gasteiger partial charge in [0.25, 0.3) is 0 Å². The summed E-state index contributed by atoms with van der Waals surface area (Å²) in [6.45, 7) is 0.610. The Morgan fingerprint density at radius 1 is 1.44 bits per heavy atom. The summed E-state index contributed by atoms with van der Waals surface area (Å²) >= 11 is 2.98. The lowest BCUT2D eigenvalue weighted by Gasteiger charge is -2.20. The van der Waals surface area contributed by atoms with Gasteiger partial charge in [0.05, 0.1) is 6.61 Å². The Kier molecular flexibility index (Phi) is 3.44. The van der Waals surface area contributed by atoms with Crippen molar-refractivity contribution in [1.82, 2.24) is 10.2 Å². The van der Waals surface area contributed by atoms with Crippen molar-refractivity contribution in [3.63, 3.8) is 0 Å². The van der Waals surface area contributed by atoms with E-state index in [1.807, 2.05) is 0 Å². The number of ether oxygens (including phenoxy) is 2. The van der Waals surface area contributed by atoms with E-state index in [9.17, 15) is 4.39 Å². The second-order valence-corrected chi connectivity index (χ2v) is 5.71. The third-order valence-corrected chi connectivity index (χ3v) is 4.35. The van der Waals surface area contributed by atoms with Crippen molar-refractivity contribution in [2.24, 2.45) is 0 Å². The van der Waals surface area contributed by atoms with E-state index < -0.39 is 0 Å². The van der Waals surface area contributed by atoms with Crippen molar-refractivity contribution in [3.05, 3.63) is 34.6 Å². The molecule has 0 N–H and O–H groups in total. The molecule has 0 fully saturated rings. The molecule has 18 heavy (non-hydrogen) atoms. The van der Waals surface area contributed by atoms with Gasteiger partial charge in [0.2, 0.25) is 0 Å². The summed E-state index contributed by atoms with van der Waals surface area (Å²) in [5, 5.41) is 7.70. The van der Waals surface area contributed by atoms with E-state index in [0.717, 1.165) is 21.2 Å². The first-order valence-electron chi connectivity index (χ1n) is 5.24. The standard InChI is InChI=1S/C11H9FN2O2S2/c12-9-1-7-3-15-6-16-10(7)8(2-9)4-17-11-14-13-5-18-11/h1-2,5H,3-4,6H2. The third-order valence-electron chi connectivity index (χ3n) is 2.44. The molecule has 0 spiro atoms. The molecular weight excluding hydrogens is 275 g/mol. The molecule has 1 aromatic carbocycles. The summed E-state index contributed by atoms with van der Waals surface area (Å²) in [7, 11) is 0. The highest BCUT2D eigenvalue weighted by molar-refractivity contribution is 8.00. The zero-order valence-electron chi connectivity index (χ0n) is 9.26. The van der Waals surface area contributed by atoms with Gasteiger partial charge < -0.3 is 9.47 Å². The molecule has 1 aromatic heterocycles. The Bertz CT molecular complexity index is 548. The quantitative estimate of drug-likeness (QED) is 0.811. The molecule has 0 atom stereocenters. The average molecular weight is 284 g/mol. The molecule has 2 heterocycles. The minimum Gasteiger partial charge on any atom is -0.467 e. The predicted molar refractivity (Wildman–Crippen MR) is 66.2 cm³/mol. The van der Waals surface area contributed by atoms with Crippen LogP contribution in [0.25, 0.3) is 0 Å².